The number of amides is 1. The van der Waals surface area contributed by atoms with Crippen LogP contribution < -0.4 is 5.32 Å². The van der Waals surface area contributed by atoms with Gasteiger partial charge in [-0.1, -0.05) is 47.3 Å². The molecule has 2 aromatic heterocycles. The summed E-state index contributed by atoms with van der Waals surface area (Å²) >= 11 is 1.34. The molecule has 0 aliphatic rings. The molecule has 0 bridgehead atoms. The van der Waals surface area contributed by atoms with Crippen LogP contribution in [0.25, 0.3) is 11.0 Å². The van der Waals surface area contributed by atoms with Crippen LogP contribution >= 0.6 is 11.8 Å². The second-order valence-electron chi connectivity index (χ2n) is 6.74. The highest BCUT2D eigenvalue weighted by molar-refractivity contribution is 7.99. The Hall–Kier alpha value is -3.46. The molecule has 152 valence electrons. The number of thioether (sulfide) groups is 1. The topological polar surface area (TPSA) is 90.5 Å². The van der Waals surface area contributed by atoms with Crippen LogP contribution in [0.2, 0.25) is 0 Å². The van der Waals surface area contributed by atoms with Gasteiger partial charge in [-0.25, -0.2) is 4.68 Å². The maximum Gasteiger partial charge on any atom is 0.234 e. The van der Waals surface area contributed by atoms with Gasteiger partial charge in [-0.15, -0.1) is 21.9 Å². The molecule has 0 radical (unpaired) electrons. The van der Waals surface area contributed by atoms with Crippen molar-refractivity contribution >= 4 is 34.4 Å². The number of carbonyl (C=O) groups excluding carboxylic acids is 1. The SMILES string of the molecule is C=CCn1c(Cn2nnc3ccccc32)nnc1SCC(=O)Nc1cccc(C)c1. The first kappa shape index (κ1) is 19.8. The van der Waals surface area contributed by atoms with Gasteiger partial charge in [0.1, 0.15) is 12.1 Å². The molecular weight excluding hydrogens is 398 g/mol. The van der Waals surface area contributed by atoms with Gasteiger partial charge in [0.05, 0.1) is 11.3 Å². The standard InChI is InChI=1S/C21H21N7OS/c1-3-11-27-19(13-28-18-10-5-4-9-17(18)23-26-28)24-25-21(27)30-14-20(29)22-16-8-6-7-15(2)12-16/h3-10,12H,1,11,13-14H2,2H3,(H,22,29). The van der Waals surface area contributed by atoms with Crippen LogP contribution in [0.15, 0.2) is 66.3 Å². The first-order valence-corrected chi connectivity index (χ1v) is 10.4. The summed E-state index contributed by atoms with van der Waals surface area (Å²) in [4.78, 5) is 12.3. The third kappa shape index (κ3) is 4.41. The lowest BCUT2D eigenvalue weighted by Crippen LogP contribution is -2.15. The Labute approximate surface area is 178 Å². The quantitative estimate of drug-likeness (QED) is 0.348. The Morgan fingerprint density at radius 2 is 2.03 bits per heavy atom. The first-order valence-electron chi connectivity index (χ1n) is 9.44. The summed E-state index contributed by atoms with van der Waals surface area (Å²) in [5, 5.41) is 20.6. The summed E-state index contributed by atoms with van der Waals surface area (Å²) in [6.07, 6.45) is 1.78. The lowest BCUT2D eigenvalue weighted by molar-refractivity contribution is -0.113. The average molecular weight is 420 g/mol. The van der Waals surface area contributed by atoms with E-state index in [0.29, 0.717) is 18.2 Å². The van der Waals surface area contributed by atoms with Crippen LogP contribution in [0, 0.1) is 6.92 Å². The Kier molecular flexibility index (Phi) is 5.89. The first-order chi connectivity index (χ1) is 14.6. The molecule has 1 amide bonds. The molecule has 8 nitrogen and oxygen atoms in total. The van der Waals surface area contributed by atoms with Gasteiger partial charge in [0.2, 0.25) is 5.91 Å². The summed E-state index contributed by atoms with van der Waals surface area (Å²) in [6, 6.07) is 15.5. The number of rotatable bonds is 8. The van der Waals surface area contributed by atoms with Gasteiger partial charge in [-0.3, -0.25) is 4.79 Å². The number of aromatic nitrogens is 6. The molecular formula is C21H21N7OS. The molecule has 4 rings (SSSR count). The Bertz CT molecular complexity index is 1200. The van der Waals surface area contributed by atoms with Crippen LogP contribution in [0.5, 0.6) is 0 Å². The third-order valence-corrected chi connectivity index (χ3v) is 5.42. The molecule has 0 saturated carbocycles. The van der Waals surface area contributed by atoms with E-state index < -0.39 is 0 Å². The van der Waals surface area contributed by atoms with Crippen molar-refractivity contribution in [2.24, 2.45) is 0 Å². The summed E-state index contributed by atoms with van der Waals surface area (Å²) in [6.45, 7) is 6.78. The Morgan fingerprint density at radius 3 is 2.87 bits per heavy atom. The van der Waals surface area contributed by atoms with Crippen LogP contribution in [0.1, 0.15) is 11.4 Å². The number of nitrogens with one attached hydrogen (secondary N) is 1. The average Bonchev–Trinajstić information content (AvgIpc) is 3.32. The predicted molar refractivity (Wildman–Crippen MR) is 117 cm³/mol. The number of fused-ring (bicyclic) bond motifs is 1. The molecule has 0 atom stereocenters. The van der Waals surface area contributed by atoms with Crippen molar-refractivity contribution in [1.29, 1.82) is 0 Å². The van der Waals surface area contributed by atoms with E-state index in [0.717, 1.165) is 28.1 Å². The smallest absolute Gasteiger partial charge is 0.234 e. The Morgan fingerprint density at radius 1 is 1.17 bits per heavy atom. The van der Waals surface area contributed by atoms with Crippen molar-refractivity contribution in [2.75, 3.05) is 11.1 Å². The summed E-state index contributed by atoms with van der Waals surface area (Å²) in [7, 11) is 0. The zero-order chi connectivity index (χ0) is 20.9. The normalized spacial score (nSPS) is 11.0. The van der Waals surface area contributed by atoms with Crippen LogP contribution in [-0.2, 0) is 17.9 Å². The minimum atomic E-state index is -0.0948. The van der Waals surface area contributed by atoms with Crippen molar-refractivity contribution in [3.8, 4) is 0 Å². The second kappa shape index (κ2) is 8.91. The third-order valence-electron chi connectivity index (χ3n) is 4.45. The molecule has 0 spiro atoms. The highest BCUT2D eigenvalue weighted by atomic mass is 32.2. The lowest BCUT2D eigenvalue weighted by atomic mass is 10.2. The molecule has 1 N–H and O–H groups in total. The van der Waals surface area contributed by atoms with Gasteiger partial charge in [0, 0.05) is 12.2 Å². The number of hydrogen-bond acceptors (Lipinski definition) is 6. The van der Waals surface area contributed by atoms with Crippen molar-refractivity contribution in [3.63, 3.8) is 0 Å². The van der Waals surface area contributed by atoms with E-state index in [1.807, 2.05) is 60.0 Å². The number of hydrogen-bond donors (Lipinski definition) is 1. The van der Waals surface area contributed by atoms with Gasteiger partial charge in [-0.2, -0.15) is 0 Å². The monoisotopic (exact) mass is 419 g/mol. The number of carbonyl (C=O) groups is 1. The minimum absolute atomic E-state index is 0.0948. The van der Waals surface area contributed by atoms with E-state index >= 15 is 0 Å². The van der Waals surface area contributed by atoms with E-state index in [1.54, 1.807) is 10.8 Å². The molecule has 30 heavy (non-hydrogen) atoms. The lowest BCUT2D eigenvalue weighted by Gasteiger charge is -2.09. The zero-order valence-electron chi connectivity index (χ0n) is 16.5. The fourth-order valence-corrected chi connectivity index (χ4v) is 3.84. The van der Waals surface area contributed by atoms with Gasteiger partial charge in [0.15, 0.2) is 11.0 Å². The summed E-state index contributed by atoms with van der Waals surface area (Å²) in [5.41, 5.74) is 3.63. The fraction of sp³-hybridized carbons (Fsp3) is 0.190. The molecule has 2 heterocycles. The van der Waals surface area contributed by atoms with Crippen molar-refractivity contribution in [2.45, 2.75) is 25.2 Å². The largest absolute Gasteiger partial charge is 0.325 e. The maximum atomic E-state index is 12.3. The molecule has 4 aromatic rings. The van der Waals surface area contributed by atoms with Crippen LogP contribution in [-0.4, -0.2) is 41.4 Å². The maximum absolute atomic E-state index is 12.3. The second-order valence-corrected chi connectivity index (χ2v) is 7.68. The highest BCUT2D eigenvalue weighted by Crippen LogP contribution is 2.20. The van der Waals surface area contributed by atoms with Crippen molar-refractivity contribution in [3.05, 3.63) is 72.6 Å². The van der Waals surface area contributed by atoms with Gasteiger partial charge in [0.25, 0.3) is 0 Å². The number of allylic oxidation sites excluding steroid dienone is 1. The van der Waals surface area contributed by atoms with Crippen LogP contribution in [0.4, 0.5) is 5.69 Å². The Balaban J connectivity index is 1.47. The molecule has 0 unspecified atom stereocenters. The minimum Gasteiger partial charge on any atom is -0.325 e. The van der Waals surface area contributed by atoms with Gasteiger partial charge in [-0.05, 0) is 36.8 Å². The fourth-order valence-electron chi connectivity index (χ4n) is 3.07. The number of para-hydroxylation sites is 1. The number of nitrogens with zero attached hydrogens (tertiary/aromatic N) is 6. The molecule has 0 saturated heterocycles. The van der Waals surface area contributed by atoms with Crippen molar-refractivity contribution in [1.82, 2.24) is 29.8 Å². The number of aryl methyl sites for hydroxylation is 1. The predicted octanol–water partition coefficient (Wildman–Crippen LogP) is 3.30. The van der Waals surface area contributed by atoms with E-state index in [9.17, 15) is 4.79 Å². The molecule has 2 aromatic carbocycles. The van der Waals surface area contributed by atoms with E-state index in [-0.39, 0.29) is 11.7 Å². The number of benzene rings is 2. The highest BCUT2D eigenvalue weighted by Gasteiger charge is 2.15. The van der Waals surface area contributed by atoms with E-state index in [1.165, 1.54) is 11.8 Å². The molecule has 0 aliphatic heterocycles. The van der Waals surface area contributed by atoms with Crippen LogP contribution in [0.3, 0.4) is 0 Å². The molecule has 9 heteroatoms. The molecule has 0 aliphatic carbocycles. The molecule has 0 fully saturated rings. The van der Waals surface area contributed by atoms with Gasteiger partial charge >= 0.3 is 0 Å². The zero-order valence-corrected chi connectivity index (χ0v) is 17.3. The summed E-state index contributed by atoms with van der Waals surface area (Å²) < 4.78 is 3.73. The van der Waals surface area contributed by atoms with E-state index in [2.05, 4.69) is 32.4 Å². The number of anilines is 1. The van der Waals surface area contributed by atoms with Gasteiger partial charge < -0.3 is 9.88 Å². The van der Waals surface area contributed by atoms with Crippen molar-refractivity contribution < 1.29 is 4.79 Å². The summed E-state index contributed by atoms with van der Waals surface area (Å²) in [5.74, 6) is 0.866. The van der Waals surface area contributed by atoms with E-state index in [4.69, 9.17) is 0 Å².